The number of hydrogen-bond acceptors (Lipinski definition) is 2. The van der Waals surface area contributed by atoms with Gasteiger partial charge >= 0.3 is 0 Å². The van der Waals surface area contributed by atoms with Gasteiger partial charge in [0, 0.05) is 11.6 Å². The molecular formula is C15H28N2O. The van der Waals surface area contributed by atoms with Gasteiger partial charge in [0.25, 0.3) is 0 Å². The van der Waals surface area contributed by atoms with Gasteiger partial charge in [0.1, 0.15) is 0 Å². The van der Waals surface area contributed by atoms with Crippen LogP contribution < -0.4 is 10.6 Å². The Morgan fingerprint density at radius 2 is 1.67 bits per heavy atom. The molecule has 0 atom stereocenters. The number of hydrogen-bond donors (Lipinski definition) is 2. The van der Waals surface area contributed by atoms with Crippen LogP contribution in [0.1, 0.15) is 71.1 Å². The van der Waals surface area contributed by atoms with Crippen molar-refractivity contribution in [2.45, 2.75) is 82.7 Å². The molecule has 3 heteroatoms. The molecule has 0 aliphatic heterocycles. The maximum absolute atomic E-state index is 11.9. The van der Waals surface area contributed by atoms with Crippen molar-refractivity contribution < 1.29 is 4.79 Å². The fourth-order valence-electron chi connectivity index (χ4n) is 3.33. The predicted octanol–water partition coefficient (Wildman–Crippen LogP) is 2.75. The van der Waals surface area contributed by atoms with Crippen molar-refractivity contribution >= 4 is 5.91 Å². The average molecular weight is 252 g/mol. The summed E-state index contributed by atoms with van der Waals surface area (Å²) in [4.78, 5) is 11.9. The number of nitrogens with one attached hydrogen (secondary N) is 2. The minimum absolute atomic E-state index is 0.190. The van der Waals surface area contributed by atoms with E-state index in [4.69, 9.17) is 0 Å². The molecule has 0 bridgehead atoms. The molecule has 2 N–H and O–H groups in total. The van der Waals surface area contributed by atoms with E-state index in [2.05, 4.69) is 17.6 Å². The monoisotopic (exact) mass is 252 g/mol. The summed E-state index contributed by atoms with van der Waals surface area (Å²) in [7, 11) is 0. The van der Waals surface area contributed by atoms with Crippen LogP contribution in [0.25, 0.3) is 0 Å². The zero-order valence-electron chi connectivity index (χ0n) is 11.8. The van der Waals surface area contributed by atoms with E-state index in [0.717, 1.165) is 0 Å². The Balaban J connectivity index is 1.67. The molecule has 1 amide bonds. The highest BCUT2D eigenvalue weighted by molar-refractivity contribution is 5.78. The molecule has 0 radical (unpaired) electrons. The van der Waals surface area contributed by atoms with Crippen LogP contribution >= 0.6 is 0 Å². The number of carbonyl (C=O) groups excluding carboxylic acids is 1. The van der Waals surface area contributed by atoms with Crippen LogP contribution in [0, 0.1) is 0 Å². The number of amides is 1. The third-order valence-electron chi connectivity index (χ3n) is 4.60. The molecule has 0 aromatic heterocycles. The molecule has 2 saturated carbocycles. The second-order valence-electron chi connectivity index (χ2n) is 6.38. The Morgan fingerprint density at radius 1 is 1.06 bits per heavy atom. The highest BCUT2D eigenvalue weighted by atomic mass is 16.2. The lowest BCUT2D eigenvalue weighted by atomic mass is 10.0. The van der Waals surface area contributed by atoms with Crippen LogP contribution in [-0.2, 0) is 4.79 Å². The van der Waals surface area contributed by atoms with E-state index in [1.54, 1.807) is 0 Å². The molecule has 104 valence electrons. The molecule has 0 aromatic rings. The van der Waals surface area contributed by atoms with E-state index < -0.39 is 0 Å². The molecule has 2 aliphatic carbocycles. The van der Waals surface area contributed by atoms with Crippen molar-refractivity contribution in [2.24, 2.45) is 0 Å². The van der Waals surface area contributed by atoms with Gasteiger partial charge in [-0.1, -0.05) is 38.5 Å². The topological polar surface area (TPSA) is 41.1 Å². The van der Waals surface area contributed by atoms with Crippen LogP contribution in [-0.4, -0.2) is 24.0 Å². The highest BCUT2D eigenvalue weighted by Gasteiger charge is 2.28. The first kappa shape index (κ1) is 13.9. The van der Waals surface area contributed by atoms with Gasteiger partial charge < -0.3 is 10.6 Å². The van der Waals surface area contributed by atoms with Gasteiger partial charge in [0.2, 0.25) is 5.91 Å². The zero-order valence-corrected chi connectivity index (χ0v) is 11.8. The first-order valence-electron chi connectivity index (χ1n) is 7.72. The summed E-state index contributed by atoms with van der Waals surface area (Å²) in [6, 6.07) is 0.429. The summed E-state index contributed by atoms with van der Waals surface area (Å²) in [5.74, 6) is 0.190. The summed E-state index contributed by atoms with van der Waals surface area (Å²) in [6.45, 7) is 2.74. The second kappa shape index (κ2) is 6.55. The SMILES string of the molecule is CC1(NCC(=O)NC2CCCCCC2)CCCC1. The first-order valence-corrected chi connectivity index (χ1v) is 7.72. The van der Waals surface area contributed by atoms with E-state index in [-0.39, 0.29) is 11.4 Å². The van der Waals surface area contributed by atoms with Gasteiger partial charge in [0.05, 0.1) is 6.54 Å². The van der Waals surface area contributed by atoms with Gasteiger partial charge in [-0.3, -0.25) is 4.79 Å². The van der Waals surface area contributed by atoms with E-state index in [1.165, 1.54) is 64.2 Å². The van der Waals surface area contributed by atoms with Crippen LogP contribution in [0.15, 0.2) is 0 Å². The predicted molar refractivity (Wildman–Crippen MR) is 74.5 cm³/mol. The van der Waals surface area contributed by atoms with E-state index in [1.807, 2.05) is 0 Å². The third kappa shape index (κ3) is 4.27. The zero-order chi connectivity index (χ0) is 12.8. The van der Waals surface area contributed by atoms with Crippen molar-refractivity contribution in [1.29, 1.82) is 0 Å². The standard InChI is InChI=1S/C15H28N2O/c1-15(10-6-7-11-15)16-12-14(18)17-13-8-4-2-3-5-9-13/h13,16H,2-12H2,1H3,(H,17,18). The number of carbonyl (C=O) groups is 1. The van der Waals surface area contributed by atoms with Crippen LogP contribution in [0.2, 0.25) is 0 Å². The Bertz CT molecular complexity index is 264. The summed E-state index contributed by atoms with van der Waals surface area (Å²) in [5.41, 5.74) is 0.209. The summed E-state index contributed by atoms with van der Waals surface area (Å²) >= 11 is 0. The minimum Gasteiger partial charge on any atom is -0.352 e. The summed E-state index contributed by atoms with van der Waals surface area (Å²) < 4.78 is 0. The maximum atomic E-state index is 11.9. The molecule has 0 aromatic carbocycles. The highest BCUT2D eigenvalue weighted by Crippen LogP contribution is 2.28. The van der Waals surface area contributed by atoms with Crippen molar-refractivity contribution in [1.82, 2.24) is 10.6 Å². The van der Waals surface area contributed by atoms with Crippen molar-refractivity contribution in [3.05, 3.63) is 0 Å². The fraction of sp³-hybridized carbons (Fsp3) is 0.933. The Kier molecular flexibility index (Phi) is 5.04. The molecule has 0 heterocycles. The third-order valence-corrected chi connectivity index (χ3v) is 4.60. The van der Waals surface area contributed by atoms with E-state index in [9.17, 15) is 4.79 Å². The Morgan fingerprint density at radius 3 is 2.28 bits per heavy atom. The molecule has 0 unspecified atom stereocenters. The number of rotatable bonds is 4. The molecule has 0 saturated heterocycles. The van der Waals surface area contributed by atoms with Crippen LogP contribution in [0.3, 0.4) is 0 Å². The lowest BCUT2D eigenvalue weighted by molar-refractivity contribution is -0.121. The van der Waals surface area contributed by atoms with Crippen molar-refractivity contribution in [3.8, 4) is 0 Å². The van der Waals surface area contributed by atoms with Gasteiger partial charge in [-0.2, -0.15) is 0 Å². The average Bonchev–Trinajstić information content (AvgIpc) is 2.62. The van der Waals surface area contributed by atoms with E-state index in [0.29, 0.717) is 12.6 Å². The van der Waals surface area contributed by atoms with Crippen molar-refractivity contribution in [2.75, 3.05) is 6.54 Å². The first-order chi connectivity index (χ1) is 8.68. The summed E-state index contributed by atoms with van der Waals surface area (Å²) in [5, 5.41) is 6.65. The lowest BCUT2D eigenvalue weighted by Gasteiger charge is -2.25. The van der Waals surface area contributed by atoms with Crippen molar-refractivity contribution in [3.63, 3.8) is 0 Å². The minimum atomic E-state index is 0.190. The molecule has 3 nitrogen and oxygen atoms in total. The van der Waals surface area contributed by atoms with Gasteiger partial charge in [-0.25, -0.2) is 0 Å². The Hall–Kier alpha value is -0.570. The maximum Gasteiger partial charge on any atom is 0.234 e. The second-order valence-corrected chi connectivity index (χ2v) is 6.38. The van der Waals surface area contributed by atoms with Gasteiger partial charge in [-0.05, 0) is 32.6 Å². The van der Waals surface area contributed by atoms with Gasteiger partial charge in [-0.15, -0.1) is 0 Å². The van der Waals surface area contributed by atoms with Crippen LogP contribution in [0.5, 0.6) is 0 Å². The molecular weight excluding hydrogens is 224 g/mol. The molecule has 0 spiro atoms. The smallest absolute Gasteiger partial charge is 0.234 e. The molecule has 2 fully saturated rings. The molecule has 18 heavy (non-hydrogen) atoms. The molecule has 2 aliphatic rings. The lowest BCUT2D eigenvalue weighted by Crippen LogP contribution is -2.47. The van der Waals surface area contributed by atoms with Crippen LogP contribution in [0.4, 0.5) is 0 Å². The van der Waals surface area contributed by atoms with E-state index >= 15 is 0 Å². The molecule has 2 rings (SSSR count). The Labute approximate surface area is 111 Å². The normalized spacial score (nSPS) is 24.7. The quantitative estimate of drug-likeness (QED) is 0.755. The van der Waals surface area contributed by atoms with Gasteiger partial charge in [0.15, 0.2) is 0 Å². The summed E-state index contributed by atoms with van der Waals surface area (Å²) in [6.07, 6.45) is 12.6. The fourth-order valence-corrected chi connectivity index (χ4v) is 3.33. The largest absolute Gasteiger partial charge is 0.352 e.